The lowest BCUT2D eigenvalue weighted by atomic mass is 9.79. The third kappa shape index (κ3) is 7.20. The van der Waals surface area contributed by atoms with Crippen molar-refractivity contribution < 1.29 is 19.4 Å². The van der Waals surface area contributed by atoms with Crippen LogP contribution in [0.15, 0.2) is 6.07 Å². The van der Waals surface area contributed by atoms with Crippen LogP contribution < -0.4 is 4.90 Å². The van der Waals surface area contributed by atoms with Crippen molar-refractivity contribution >= 4 is 28.9 Å². The molecule has 0 radical (unpaired) electrons. The Kier molecular flexibility index (Phi) is 9.60. The Balaban J connectivity index is 1.69. The number of nitrogens with zero attached hydrogens (tertiary/aromatic N) is 2. The van der Waals surface area contributed by atoms with E-state index in [1.807, 2.05) is 31.7 Å². The lowest BCUT2D eigenvalue weighted by Crippen LogP contribution is -2.50. The molecule has 2 heterocycles. The van der Waals surface area contributed by atoms with Crippen molar-refractivity contribution in [3.63, 3.8) is 0 Å². The highest BCUT2D eigenvalue weighted by molar-refractivity contribution is 7.15. The molecule has 1 amide bonds. The van der Waals surface area contributed by atoms with Gasteiger partial charge in [0.1, 0.15) is 4.88 Å². The van der Waals surface area contributed by atoms with E-state index in [0.29, 0.717) is 22.4 Å². The molecule has 2 aliphatic carbocycles. The molecule has 1 aromatic heterocycles. The zero-order valence-electron chi connectivity index (χ0n) is 23.9. The summed E-state index contributed by atoms with van der Waals surface area (Å²) in [6.07, 6.45) is 9.06. The minimum Gasteiger partial charge on any atom is -0.477 e. The zero-order valence-corrected chi connectivity index (χ0v) is 24.7. The van der Waals surface area contributed by atoms with Crippen LogP contribution in [0.25, 0.3) is 0 Å². The summed E-state index contributed by atoms with van der Waals surface area (Å²) >= 11 is 1.20. The van der Waals surface area contributed by atoms with Crippen LogP contribution in [0.3, 0.4) is 0 Å². The highest BCUT2D eigenvalue weighted by Gasteiger charge is 2.41. The molecule has 6 nitrogen and oxygen atoms in total. The fourth-order valence-electron chi connectivity index (χ4n) is 6.47. The number of anilines is 1. The largest absolute Gasteiger partial charge is 0.477 e. The molecule has 4 rings (SSSR count). The molecule has 3 atom stereocenters. The van der Waals surface area contributed by atoms with Crippen molar-refractivity contribution in [3.05, 3.63) is 15.8 Å². The molecule has 0 unspecified atom stereocenters. The van der Waals surface area contributed by atoms with Gasteiger partial charge in [0, 0.05) is 31.0 Å². The number of rotatable bonds is 7. The van der Waals surface area contributed by atoms with E-state index in [2.05, 4.69) is 23.7 Å². The quantitative estimate of drug-likeness (QED) is 0.411. The van der Waals surface area contributed by atoms with Crippen LogP contribution in [-0.4, -0.2) is 60.8 Å². The molecule has 3 fully saturated rings. The number of carboxylic acid groups (broad SMARTS) is 1. The summed E-state index contributed by atoms with van der Waals surface area (Å²) < 4.78 is 5.93. The molecule has 1 aliphatic heterocycles. The third-order valence-corrected chi connectivity index (χ3v) is 9.60. The average Bonchev–Trinajstić information content (AvgIpc) is 3.53. The lowest BCUT2D eigenvalue weighted by Gasteiger charge is -2.43. The van der Waals surface area contributed by atoms with Gasteiger partial charge < -0.3 is 19.6 Å². The summed E-state index contributed by atoms with van der Waals surface area (Å²) in [6.45, 7) is 11.6. The first kappa shape index (κ1) is 29.1. The van der Waals surface area contributed by atoms with Crippen LogP contribution >= 0.6 is 11.3 Å². The van der Waals surface area contributed by atoms with E-state index in [1.54, 1.807) is 7.11 Å². The lowest BCUT2D eigenvalue weighted by molar-refractivity contribution is -0.124. The standard InChI is InChI=1S/C31H46N2O4S/c1-21-8-10-22(11-9-21)29(34)33(26-19-25(14-15-31(2,3)4)38-28(26)30(35)36)24-12-13-27(37-5)23(18-24)20-32-16-6-7-17-32/h19,21-24,27H,6-13,16-18,20H2,1-5H3,(H,35,36)/t21?,22?,23-,24+,27+/m0/s1. The predicted octanol–water partition coefficient (Wildman–Crippen LogP) is 6.28. The first-order valence-corrected chi connectivity index (χ1v) is 15.4. The predicted molar refractivity (Wildman–Crippen MR) is 154 cm³/mol. The van der Waals surface area contributed by atoms with Crippen molar-refractivity contribution in [2.75, 3.05) is 31.6 Å². The molecular weight excluding hydrogens is 496 g/mol. The van der Waals surface area contributed by atoms with E-state index in [1.165, 1.54) is 24.2 Å². The summed E-state index contributed by atoms with van der Waals surface area (Å²) in [4.78, 5) is 32.1. The molecule has 210 valence electrons. The number of amides is 1. The van der Waals surface area contributed by atoms with Crippen LogP contribution in [0.2, 0.25) is 0 Å². The number of hydrogen-bond donors (Lipinski definition) is 1. The van der Waals surface area contributed by atoms with E-state index in [9.17, 15) is 14.7 Å². The zero-order chi connectivity index (χ0) is 27.4. The molecule has 38 heavy (non-hydrogen) atoms. The fraction of sp³-hybridized carbons (Fsp3) is 0.742. The Morgan fingerprint density at radius 3 is 2.42 bits per heavy atom. The monoisotopic (exact) mass is 542 g/mol. The molecule has 0 aromatic carbocycles. The van der Waals surface area contributed by atoms with Crippen LogP contribution in [-0.2, 0) is 9.53 Å². The third-order valence-electron chi connectivity index (χ3n) is 8.57. The summed E-state index contributed by atoms with van der Waals surface area (Å²) in [5.41, 5.74) is 0.355. The Morgan fingerprint density at radius 2 is 1.82 bits per heavy atom. The second kappa shape index (κ2) is 12.5. The van der Waals surface area contributed by atoms with Crippen molar-refractivity contribution in [1.82, 2.24) is 4.90 Å². The number of aromatic carboxylic acids is 1. The number of methoxy groups -OCH3 is 1. The summed E-state index contributed by atoms with van der Waals surface area (Å²) in [5.74, 6) is 6.47. The van der Waals surface area contributed by atoms with Gasteiger partial charge in [-0.15, -0.1) is 11.3 Å². The van der Waals surface area contributed by atoms with Gasteiger partial charge in [-0.1, -0.05) is 18.8 Å². The number of thiophene rings is 1. The molecule has 1 saturated heterocycles. The minimum absolute atomic E-state index is 0.0306. The molecule has 3 aliphatic rings. The number of ether oxygens (including phenoxy) is 1. The van der Waals surface area contributed by atoms with E-state index in [4.69, 9.17) is 4.74 Å². The Morgan fingerprint density at radius 1 is 1.13 bits per heavy atom. The smallest absolute Gasteiger partial charge is 0.348 e. The van der Waals surface area contributed by atoms with E-state index >= 15 is 0 Å². The maximum atomic E-state index is 14.3. The average molecular weight is 543 g/mol. The number of likely N-dealkylation sites (tertiary alicyclic amines) is 1. The SMILES string of the molecule is CO[C@@H]1CC[C@@H](N(C(=O)C2CCC(C)CC2)c2cc(C#CC(C)(C)C)sc2C(=O)O)C[C@H]1CN1CCCC1. The number of carbonyl (C=O) groups excluding carboxylic acids is 1. The molecule has 7 heteroatoms. The van der Waals surface area contributed by atoms with Crippen LogP contribution in [0, 0.1) is 35.0 Å². The Bertz CT molecular complexity index is 1030. The van der Waals surface area contributed by atoms with Crippen molar-refractivity contribution in [1.29, 1.82) is 0 Å². The molecule has 0 bridgehead atoms. The van der Waals surface area contributed by atoms with Gasteiger partial charge in [-0.3, -0.25) is 4.79 Å². The molecule has 1 aromatic rings. The van der Waals surface area contributed by atoms with Gasteiger partial charge in [0.2, 0.25) is 5.91 Å². The van der Waals surface area contributed by atoms with Gasteiger partial charge in [0.15, 0.2) is 0 Å². The van der Waals surface area contributed by atoms with E-state index in [0.717, 1.165) is 64.6 Å². The van der Waals surface area contributed by atoms with Crippen LogP contribution in [0.5, 0.6) is 0 Å². The fourth-order valence-corrected chi connectivity index (χ4v) is 7.31. The molecule has 2 saturated carbocycles. The van der Waals surface area contributed by atoms with E-state index in [-0.39, 0.29) is 34.3 Å². The Hall–Kier alpha value is -1.88. The Labute approximate surface area is 233 Å². The van der Waals surface area contributed by atoms with Gasteiger partial charge in [0.05, 0.1) is 16.7 Å². The van der Waals surface area contributed by atoms with Gasteiger partial charge >= 0.3 is 5.97 Å². The number of carboxylic acids is 1. The molecule has 1 N–H and O–H groups in total. The maximum absolute atomic E-state index is 14.3. The number of carbonyl (C=O) groups is 2. The topological polar surface area (TPSA) is 70.1 Å². The highest BCUT2D eigenvalue weighted by Crippen LogP contribution is 2.40. The second-order valence-corrected chi connectivity index (χ2v) is 13.9. The molecule has 0 spiro atoms. The first-order valence-electron chi connectivity index (χ1n) is 14.5. The summed E-state index contributed by atoms with van der Waals surface area (Å²) in [5, 5.41) is 10.2. The molecular formula is C31H46N2O4S. The number of hydrogen-bond acceptors (Lipinski definition) is 5. The maximum Gasteiger partial charge on any atom is 0.348 e. The minimum atomic E-state index is -0.983. The van der Waals surface area contributed by atoms with Crippen molar-refractivity contribution in [2.45, 2.75) is 97.6 Å². The van der Waals surface area contributed by atoms with Gasteiger partial charge in [-0.2, -0.15) is 0 Å². The van der Waals surface area contributed by atoms with Crippen LogP contribution in [0.4, 0.5) is 5.69 Å². The van der Waals surface area contributed by atoms with Gasteiger partial charge in [0.25, 0.3) is 0 Å². The van der Waals surface area contributed by atoms with Crippen molar-refractivity contribution in [3.8, 4) is 11.8 Å². The first-order chi connectivity index (χ1) is 18.1. The van der Waals surface area contributed by atoms with Crippen molar-refractivity contribution in [2.24, 2.45) is 23.2 Å². The van der Waals surface area contributed by atoms with E-state index < -0.39 is 5.97 Å². The van der Waals surface area contributed by atoms with Crippen LogP contribution in [0.1, 0.15) is 100 Å². The van der Waals surface area contributed by atoms with Gasteiger partial charge in [-0.05, 0) is 110 Å². The summed E-state index contributed by atoms with van der Waals surface area (Å²) in [6, 6.07) is 1.84. The second-order valence-electron chi connectivity index (χ2n) is 12.8. The normalized spacial score (nSPS) is 28.5. The highest BCUT2D eigenvalue weighted by atomic mass is 32.1. The summed E-state index contributed by atoms with van der Waals surface area (Å²) in [7, 11) is 1.80. The van der Waals surface area contributed by atoms with Gasteiger partial charge in [-0.25, -0.2) is 4.79 Å².